The lowest BCUT2D eigenvalue weighted by atomic mass is 10.0. The average molecular weight is 325 g/mol. The van der Waals surface area contributed by atoms with Crippen LogP contribution in [0.3, 0.4) is 0 Å². The molecule has 1 fully saturated rings. The normalized spacial score (nSPS) is 17.2. The van der Waals surface area contributed by atoms with Crippen LogP contribution >= 0.6 is 0 Å². The van der Waals surface area contributed by atoms with Crippen LogP contribution in [0.5, 0.6) is 5.75 Å². The van der Waals surface area contributed by atoms with Crippen molar-refractivity contribution >= 4 is 5.69 Å². The highest BCUT2D eigenvalue weighted by molar-refractivity contribution is 5.48. The molecular weight excluding hydrogens is 298 g/mol. The maximum Gasteiger partial charge on any atom is 0.121 e. The van der Waals surface area contributed by atoms with Gasteiger partial charge in [0.25, 0.3) is 0 Å². The van der Waals surface area contributed by atoms with Gasteiger partial charge in [-0.1, -0.05) is 44.2 Å². The Morgan fingerprint density at radius 1 is 1.17 bits per heavy atom. The largest absolute Gasteiger partial charge is 0.491 e. The zero-order chi connectivity index (χ0) is 16.8. The number of nitrogens with one attached hydrogen (secondary N) is 1. The minimum atomic E-state index is 0.251. The van der Waals surface area contributed by atoms with Gasteiger partial charge in [0.2, 0.25) is 0 Å². The van der Waals surface area contributed by atoms with Crippen molar-refractivity contribution in [2.75, 3.05) is 18.5 Å². The molecule has 1 heterocycles. The third-order valence-electron chi connectivity index (χ3n) is 4.44. The molecule has 0 spiro atoms. The molecule has 1 atom stereocenters. The maximum absolute atomic E-state index is 5.86. The molecule has 2 aromatic rings. The lowest BCUT2D eigenvalue weighted by Crippen LogP contribution is -2.16. The number of anilines is 1. The van der Waals surface area contributed by atoms with Crippen LogP contribution in [0.2, 0.25) is 0 Å². The van der Waals surface area contributed by atoms with Crippen LogP contribution < -0.4 is 10.1 Å². The van der Waals surface area contributed by atoms with E-state index in [4.69, 9.17) is 9.47 Å². The summed E-state index contributed by atoms with van der Waals surface area (Å²) in [6.07, 6.45) is 2.50. The highest BCUT2D eigenvalue weighted by atomic mass is 16.5. The molecule has 3 nitrogen and oxygen atoms in total. The molecule has 2 aromatic carbocycles. The molecule has 24 heavy (non-hydrogen) atoms. The highest BCUT2D eigenvalue weighted by Gasteiger charge is 2.15. The molecule has 1 N–H and O–H groups in total. The highest BCUT2D eigenvalue weighted by Crippen LogP contribution is 2.21. The predicted molar refractivity (Wildman–Crippen MR) is 98.8 cm³/mol. The van der Waals surface area contributed by atoms with Crippen LogP contribution in [0.25, 0.3) is 0 Å². The van der Waals surface area contributed by atoms with Gasteiger partial charge in [0.05, 0.1) is 6.10 Å². The first-order valence-corrected chi connectivity index (χ1v) is 8.88. The Hall–Kier alpha value is -2.00. The first-order chi connectivity index (χ1) is 11.7. The van der Waals surface area contributed by atoms with Gasteiger partial charge in [-0.25, -0.2) is 0 Å². The predicted octanol–water partition coefficient (Wildman–Crippen LogP) is 4.98. The van der Waals surface area contributed by atoms with Crippen molar-refractivity contribution in [3.05, 3.63) is 59.7 Å². The Labute approximate surface area is 145 Å². The first-order valence-electron chi connectivity index (χ1n) is 8.88. The molecule has 0 amide bonds. The second kappa shape index (κ2) is 8.20. The van der Waals surface area contributed by atoms with Gasteiger partial charge in [-0.15, -0.1) is 0 Å². The van der Waals surface area contributed by atoms with Gasteiger partial charge in [-0.05, 0) is 42.0 Å². The number of rotatable bonds is 7. The van der Waals surface area contributed by atoms with E-state index in [1.165, 1.54) is 11.1 Å². The summed E-state index contributed by atoms with van der Waals surface area (Å²) in [5.74, 6) is 1.47. The van der Waals surface area contributed by atoms with E-state index in [-0.39, 0.29) is 6.10 Å². The summed E-state index contributed by atoms with van der Waals surface area (Å²) in [5.41, 5.74) is 3.74. The summed E-state index contributed by atoms with van der Waals surface area (Å²) < 4.78 is 11.5. The van der Waals surface area contributed by atoms with E-state index in [1.807, 2.05) is 12.1 Å². The molecule has 1 aliphatic heterocycles. The summed E-state index contributed by atoms with van der Waals surface area (Å²) in [6, 6.07) is 17.0. The first kappa shape index (κ1) is 16.8. The minimum Gasteiger partial charge on any atom is -0.491 e. The van der Waals surface area contributed by atoms with Crippen molar-refractivity contribution in [1.29, 1.82) is 0 Å². The molecule has 1 aliphatic rings. The van der Waals surface area contributed by atoms with Crippen LogP contribution in [0.1, 0.15) is 43.7 Å². The van der Waals surface area contributed by atoms with E-state index in [1.54, 1.807) is 0 Å². The fraction of sp³-hybridized carbons (Fsp3) is 0.429. The van der Waals surface area contributed by atoms with Gasteiger partial charge in [0, 0.05) is 24.9 Å². The Bertz CT molecular complexity index is 631. The second-order valence-electron chi connectivity index (χ2n) is 6.72. The Morgan fingerprint density at radius 2 is 2.00 bits per heavy atom. The zero-order valence-electron chi connectivity index (χ0n) is 14.6. The van der Waals surface area contributed by atoms with E-state index in [0.29, 0.717) is 12.5 Å². The number of hydrogen-bond acceptors (Lipinski definition) is 3. The monoisotopic (exact) mass is 325 g/mol. The molecule has 3 rings (SSSR count). The minimum absolute atomic E-state index is 0.251. The summed E-state index contributed by atoms with van der Waals surface area (Å²) in [5, 5.41) is 3.47. The number of hydrogen-bond donors (Lipinski definition) is 1. The lowest BCUT2D eigenvalue weighted by molar-refractivity contribution is 0.0680. The Balaban J connectivity index is 1.52. The van der Waals surface area contributed by atoms with Crippen LogP contribution in [-0.2, 0) is 11.3 Å². The van der Waals surface area contributed by atoms with Crippen molar-refractivity contribution < 1.29 is 9.47 Å². The van der Waals surface area contributed by atoms with E-state index in [2.05, 4.69) is 55.6 Å². The number of ether oxygens (including phenoxy) is 2. The second-order valence-corrected chi connectivity index (χ2v) is 6.72. The molecular formula is C21H27NO2. The van der Waals surface area contributed by atoms with Gasteiger partial charge in [-0.2, -0.15) is 0 Å². The molecule has 1 saturated heterocycles. The van der Waals surface area contributed by atoms with Crippen LogP contribution in [0, 0.1) is 0 Å². The summed E-state index contributed by atoms with van der Waals surface area (Å²) in [6.45, 7) is 6.75. The third kappa shape index (κ3) is 4.75. The fourth-order valence-corrected chi connectivity index (χ4v) is 2.89. The van der Waals surface area contributed by atoms with Crippen LogP contribution in [0.15, 0.2) is 48.5 Å². The third-order valence-corrected chi connectivity index (χ3v) is 4.44. The summed E-state index contributed by atoms with van der Waals surface area (Å²) in [7, 11) is 0. The fourth-order valence-electron chi connectivity index (χ4n) is 2.89. The van der Waals surface area contributed by atoms with Gasteiger partial charge >= 0.3 is 0 Å². The quantitative estimate of drug-likeness (QED) is 0.779. The van der Waals surface area contributed by atoms with E-state index >= 15 is 0 Å². The van der Waals surface area contributed by atoms with Crippen molar-refractivity contribution in [3.63, 3.8) is 0 Å². The Kier molecular flexibility index (Phi) is 5.76. The molecule has 0 aliphatic carbocycles. The number of benzene rings is 2. The standard InChI is InChI=1S/C21H27NO2/c1-16(2)18-10-8-17(9-11-18)14-22-19-5-3-6-20(13-19)24-15-21-7-4-12-23-21/h3,5-6,8-11,13,16,21-22H,4,7,12,14-15H2,1-2H3. The average Bonchev–Trinajstić information content (AvgIpc) is 3.12. The van der Waals surface area contributed by atoms with E-state index in [9.17, 15) is 0 Å². The van der Waals surface area contributed by atoms with Crippen molar-refractivity contribution in [1.82, 2.24) is 0 Å². The molecule has 0 bridgehead atoms. The molecule has 0 aromatic heterocycles. The van der Waals surface area contributed by atoms with Gasteiger partial charge in [-0.3, -0.25) is 0 Å². The molecule has 0 saturated carbocycles. The van der Waals surface area contributed by atoms with Gasteiger partial charge < -0.3 is 14.8 Å². The maximum atomic E-state index is 5.86. The van der Waals surface area contributed by atoms with E-state index in [0.717, 1.165) is 37.4 Å². The smallest absolute Gasteiger partial charge is 0.121 e. The molecule has 3 heteroatoms. The zero-order valence-corrected chi connectivity index (χ0v) is 14.6. The summed E-state index contributed by atoms with van der Waals surface area (Å²) >= 11 is 0. The van der Waals surface area contributed by atoms with Gasteiger partial charge in [0.15, 0.2) is 0 Å². The lowest BCUT2D eigenvalue weighted by Gasteiger charge is -2.13. The van der Waals surface area contributed by atoms with Crippen molar-refractivity contribution in [3.8, 4) is 5.75 Å². The van der Waals surface area contributed by atoms with Crippen molar-refractivity contribution in [2.24, 2.45) is 0 Å². The SMILES string of the molecule is CC(C)c1ccc(CNc2cccc(OCC3CCCO3)c2)cc1. The Morgan fingerprint density at radius 3 is 2.71 bits per heavy atom. The molecule has 1 unspecified atom stereocenters. The van der Waals surface area contributed by atoms with Gasteiger partial charge in [0.1, 0.15) is 12.4 Å². The summed E-state index contributed by atoms with van der Waals surface area (Å²) in [4.78, 5) is 0. The topological polar surface area (TPSA) is 30.5 Å². The van der Waals surface area contributed by atoms with Crippen molar-refractivity contribution in [2.45, 2.75) is 45.3 Å². The van der Waals surface area contributed by atoms with Crippen LogP contribution in [0.4, 0.5) is 5.69 Å². The van der Waals surface area contributed by atoms with E-state index < -0.39 is 0 Å². The molecule has 0 radical (unpaired) electrons. The molecule has 128 valence electrons. The van der Waals surface area contributed by atoms with Crippen LogP contribution in [-0.4, -0.2) is 19.3 Å².